The largest absolute Gasteiger partial charge is 0.416 e. The Morgan fingerprint density at radius 3 is 2.44 bits per heavy atom. The molecule has 0 N–H and O–H groups in total. The second-order valence-corrected chi connectivity index (χ2v) is 3.43. The standard InChI is InChI=1S/C11H11F4N/c1-7(6-16-2)9-4-3-8(12)5-10(9)11(13,14)15/h3-7H,1-2H3. The van der Waals surface area contributed by atoms with Gasteiger partial charge >= 0.3 is 6.18 Å². The van der Waals surface area contributed by atoms with Gasteiger partial charge in [-0.3, -0.25) is 0 Å². The number of benzene rings is 1. The smallest absolute Gasteiger partial charge is 0.300 e. The Morgan fingerprint density at radius 1 is 1.31 bits per heavy atom. The third-order valence-electron chi connectivity index (χ3n) is 2.18. The van der Waals surface area contributed by atoms with Gasteiger partial charge in [0.25, 0.3) is 0 Å². The van der Waals surface area contributed by atoms with Crippen LogP contribution in [0.2, 0.25) is 0 Å². The van der Waals surface area contributed by atoms with E-state index in [0.29, 0.717) is 6.07 Å². The van der Waals surface area contributed by atoms with Crippen molar-refractivity contribution in [2.24, 2.45) is 4.99 Å². The lowest BCUT2D eigenvalue weighted by Gasteiger charge is -2.15. The van der Waals surface area contributed by atoms with Crippen LogP contribution in [0.1, 0.15) is 24.0 Å². The van der Waals surface area contributed by atoms with Gasteiger partial charge in [-0.2, -0.15) is 13.2 Å². The molecular weight excluding hydrogens is 222 g/mol. The number of alkyl halides is 3. The fraction of sp³-hybridized carbons (Fsp3) is 0.364. The van der Waals surface area contributed by atoms with E-state index in [1.807, 2.05) is 0 Å². The fourth-order valence-electron chi connectivity index (χ4n) is 1.47. The molecule has 0 aliphatic carbocycles. The van der Waals surface area contributed by atoms with E-state index < -0.39 is 23.5 Å². The van der Waals surface area contributed by atoms with Crippen LogP contribution in [0.4, 0.5) is 17.6 Å². The average molecular weight is 233 g/mol. The van der Waals surface area contributed by atoms with Crippen molar-refractivity contribution in [2.75, 3.05) is 7.05 Å². The first kappa shape index (κ1) is 12.7. The first-order chi connectivity index (χ1) is 7.36. The summed E-state index contributed by atoms with van der Waals surface area (Å²) in [6, 6.07) is 2.67. The maximum Gasteiger partial charge on any atom is 0.416 e. The van der Waals surface area contributed by atoms with Crippen molar-refractivity contribution in [1.82, 2.24) is 0 Å². The molecule has 0 aliphatic heterocycles. The highest BCUT2D eigenvalue weighted by Gasteiger charge is 2.34. The molecule has 1 rings (SSSR count). The first-order valence-electron chi connectivity index (χ1n) is 4.65. The van der Waals surface area contributed by atoms with E-state index in [0.717, 1.165) is 12.1 Å². The Bertz CT molecular complexity index is 395. The molecule has 0 bridgehead atoms. The summed E-state index contributed by atoms with van der Waals surface area (Å²) >= 11 is 0. The van der Waals surface area contributed by atoms with Crippen molar-refractivity contribution in [2.45, 2.75) is 19.0 Å². The number of hydrogen-bond acceptors (Lipinski definition) is 1. The Hall–Kier alpha value is -1.39. The van der Waals surface area contributed by atoms with E-state index in [9.17, 15) is 17.6 Å². The topological polar surface area (TPSA) is 12.4 Å². The zero-order chi connectivity index (χ0) is 12.3. The van der Waals surface area contributed by atoms with Crippen LogP contribution in [0.3, 0.4) is 0 Å². The van der Waals surface area contributed by atoms with Crippen LogP contribution in [0, 0.1) is 5.82 Å². The van der Waals surface area contributed by atoms with Gasteiger partial charge in [0.15, 0.2) is 0 Å². The van der Waals surface area contributed by atoms with Crippen molar-refractivity contribution in [3.05, 3.63) is 35.1 Å². The normalized spacial score (nSPS) is 14.4. The van der Waals surface area contributed by atoms with Gasteiger partial charge < -0.3 is 4.99 Å². The van der Waals surface area contributed by atoms with Crippen LogP contribution in [-0.4, -0.2) is 13.3 Å². The molecule has 1 atom stereocenters. The molecule has 1 unspecified atom stereocenters. The number of hydrogen-bond donors (Lipinski definition) is 0. The minimum absolute atomic E-state index is 0.0273. The molecule has 0 saturated carbocycles. The molecule has 88 valence electrons. The highest BCUT2D eigenvalue weighted by Crippen LogP contribution is 2.35. The molecule has 1 aromatic carbocycles. The summed E-state index contributed by atoms with van der Waals surface area (Å²) in [5.74, 6) is -1.39. The number of halogens is 4. The van der Waals surface area contributed by atoms with Crippen LogP contribution < -0.4 is 0 Å². The average Bonchev–Trinajstić information content (AvgIpc) is 2.16. The molecule has 0 aliphatic rings. The van der Waals surface area contributed by atoms with E-state index >= 15 is 0 Å². The van der Waals surface area contributed by atoms with Crippen LogP contribution in [0.25, 0.3) is 0 Å². The molecule has 16 heavy (non-hydrogen) atoms. The predicted octanol–water partition coefficient (Wildman–Crippen LogP) is 3.65. The highest BCUT2D eigenvalue weighted by atomic mass is 19.4. The summed E-state index contributed by atoms with van der Waals surface area (Å²) in [7, 11) is 1.48. The minimum atomic E-state index is -4.55. The van der Waals surface area contributed by atoms with Crippen molar-refractivity contribution in [3.8, 4) is 0 Å². The van der Waals surface area contributed by atoms with Crippen molar-refractivity contribution < 1.29 is 17.6 Å². The summed E-state index contributed by atoms with van der Waals surface area (Å²) in [6.45, 7) is 1.58. The van der Waals surface area contributed by atoms with Crippen LogP contribution in [0.15, 0.2) is 23.2 Å². The maximum atomic E-state index is 12.8. The Kier molecular flexibility index (Phi) is 3.67. The predicted molar refractivity (Wildman–Crippen MR) is 54.2 cm³/mol. The zero-order valence-electron chi connectivity index (χ0n) is 8.85. The lowest BCUT2D eigenvalue weighted by Crippen LogP contribution is -2.12. The number of rotatable bonds is 2. The van der Waals surface area contributed by atoms with E-state index in [-0.39, 0.29) is 5.56 Å². The molecule has 1 aromatic rings. The van der Waals surface area contributed by atoms with Gasteiger partial charge in [0.1, 0.15) is 5.82 Å². The summed E-state index contributed by atoms with van der Waals surface area (Å²) in [5.41, 5.74) is -0.917. The van der Waals surface area contributed by atoms with Gasteiger partial charge in [0.05, 0.1) is 5.56 Å². The van der Waals surface area contributed by atoms with Crippen molar-refractivity contribution >= 4 is 6.21 Å². The Labute approximate surface area is 90.8 Å². The molecular formula is C11H11F4N. The maximum absolute atomic E-state index is 12.8. The second kappa shape index (κ2) is 4.63. The number of aliphatic imine (C=N–C) groups is 1. The summed E-state index contributed by atoms with van der Waals surface area (Å²) in [6.07, 6.45) is -3.16. The monoisotopic (exact) mass is 233 g/mol. The van der Waals surface area contributed by atoms with Crippen LogP contribution in [-0.2, 0) is 6.18 Å². The van der Waals surface area contributed by atoms with Gasteiger partial charge in [-0.15, -0.1) is 0 Å². The van der Waals surface area contributed by atoms with E-state index in [1.54, 1.807) is 6.92 Å². The third-order valence-corrected chi connectivity index (χ3v) is 2.18. The molecule has 0 spiro atoms. The van der Waals surface area contributed by atoms with Gasteiger partial charge in [0, 0.05) is 19.2 Å². The quantitative estimate of drug-likeness (QED) is 0.546. The molecule has 5 heteroatoms. The zero-order valence-corrected chi connectivity index (χ0v) is 8.85. The SMILES string of the molecule is CN=CC(C)c1ccc(F)cc1C(F)(F)F. The lowest BCUT2D eigenvalue weighted by atomic mass is 9.96. The molecule has 0 fully saturated rings. The fourth-order valence-corrected chi connectivity index (χ4v) is 1.47. The van der Waals surface area contributed by atoms with Crippen molar-refractivity contribution in [1.29, 1.82) is 0 Å². The molecule has 0 heterocycles. The first-order valence-corrected chi connectivity index (χ1v) is 4.65. The molecule has 0 aromatic heterocycles. The van der Waals surface area contributed by atoms with E-state index in [2.05, 4.69) is 4.99 Å². The summed E-state index contributed by atoms with van der Waals surface area (Å²) < 4.78 is 50.6. The second-order valence-electron chi connectivity index (χ2n) is 3.43. The number of nitrogens with zero attached hydrogens (tertiary/aromatic N) is 1. The van der Waals surface area contributed by atoms with Gasteiger partial charge in [0.2, 0.25) is 0 Å². The Morgan fingerprint density at radius 2 is 1.94 bits per heavy atom. The summed E-state index contributed by atoms with van der Waals surface area (Å²) in [4.78, 5) is 3.67. The molecule has 0 saturated heterocycles. The van der Waals surface area contributed by atoms with Crippen molar-refractivity contribution in [3.63, 3.8) is 0 Å². The molecule has 1 nitrogen and oxygen atoms in total. The lowest BCUT2D eigenvalue weighted by molar-refractivity contribution is -0.138. The third kappa shape index (κ3) is 2.81. The molecule has 0 radical (unpaired) electrons. The van der Waals surface area contributed by atoms with Crippen LogP contribution >= 0.6 is 0 Å². The van der Waals surface area contributed by atoms with E-state index in [4.69, 9.17) is 0 Å². The van der Waals surface area contributed by atoms with Crippen LogP contribution in [0.5, 0.6) is 0 Å². The van der Waals surface area contributed by atoms with Gasteiger partial charge in [-0.05, 0) is 17.7 Å². The molecule has 0 amide bonds. The van der Waals surface area contributed by atoms with Gasteiger partial charge in [-0.1, -0.05) is 13.0 Å². The summed E-state index contributed by atoms with van der Waals surface area (Å²) in [5, 5.41) is 0. The minimum Gasteiger partial charge on any atom is -0.300 e. The highest BCUT2D eigenvalue weighted by molar-refractivity contribution is 5.68. The van der Waals surface area contributed by atoms with Gasteiger partial charge in [-0.25, -0.2) is 4.39 Å². The van der Waals surface area contributed by atoms with E-state index in [1.165, 1.54) is 13.3 Å². The Balaban J connectivity index is 3.28.